The molecule has 0 saturated carbocycles. The summed E-state index contributed by atoms with van der Waals surface area (Å²) in [6.07, 6.45) is 0. The second kappa shape index (κ2) is 7.84. The summed E-state index contributed by atoms with van der Waals surface area (Å²) in [5, 5.41) is 6.40. The molecule has 0 aliphatic carbocycles. The fourth-order valence-corrected chi connectivity index (χ4v) is 2.81. The Bertz CT molecular complexity index is 676. The molecule has 0 spiro atoms. The molecular formula is C16H16Cl3N2O+. The number of anilines is 1. The molecule has 3 N–H and O–H groups in total. The van der Waals surface area contributed by atoms with Gasteiger partial charge in [-0.05, 0) is 31.2 Å². The van der Waals surface area contributed by atoms with E-state index in [0.717, 1.165) is 5.56 Å². The summed E-state index contributed by atoms with van der Waals surface area (Å²) in [6, 6.07) is 12.5. The summed E-state index contributed by atoms with van der Waals surface area (Å²) in [6.45, 7) is 2.25. The second-order valence-electron chi connectivity index (χ2n) is 4.92. The SMILES string of the molecule is C[C@@H]([NH2+]CC(=O)Nc1ccccc1Cl)c1ccc(Cl)cc1Cl. The van der Waals surface area contributed by atoms with Gasteiger partial charge in [0, 0.05) is 10.6 Å². The molecule has 3 nitrogen and oxygen atoms in total. The van der Waals surface area contributed by atoms with E-state index in [-0.39, 0.29) is 18.5 Å². The summed E-state index contributed by atoms with van der Waals surface area (Å²) < 4.78 is 0. The van der Waals surface area contributed by atoms with Gasteiger partial charge in [0.15, 0.2) is 6.54 Å². The third kappa shape index (κ3) is 4.62. The van der Waals surface area contributed by atoms with Crippen molar-refractivity contribution in [3.05, 3.63) is 63.1 Å². The molecule has 2 aromatic carbocycles. The van der Waals surface area contributed by atoms with E-state index < -0.39 is 0 Å². The Morgan fingerprint density at radius 2 is 1.86 bits per heavy atom. The van der Waals surface area contributed by atoms with Crippen LogP contribution in [-0.4, -0.2) is 12.5 Å². The van der Waals surface area contributed by atoms with Crippen molar-refractivity contribution in [2.75, 3.05) is 11.9 Å². The van der Waals surface area contributed by atoms with Gasteiger partial charge in [0.1, 0.15) is 6.04 Å². The molecule has 1 amide bonds. The first-order chi connectivity index (χ1) is 10.5. The number of rotatable bonds is 5. The fraction of sp³-hybridized carbons (Fsp3) is 0.188. The van der Waals surface area contributed by atoms with Crippen LogP contribution in [0.1, 0.15) is 18.5 Å². The molecule has 0 heterocycles. The lowest BCUT2D eigenvalue weighted by Crippen LogP contribution is -2.86. The maximum Gasteiger partial charge on any atom is 0.279 e. The zero-order valence-electron chi connectivity index (χ0n) is 11.9. The molecular weight excluding hydrogens is 343 g/mol. The van der Waals surface area contributed by atoms with Gasteiger partial charge in [-0.1, -0.05) is 53.0 Å². The van der Waals surface area contributed by atoms with E-state index in [9.17, 15) is 4.79 Å². The molecule has 116 valence electrons. The Balaban J connectivity index is 1.92. The van der Waals surface area contributed by atoms with E-state index in [4.69, 9.17) is 34.8 Å². The normalized spacial score (nSPS) is 12.0. The maximum atomic E-state index is 12.0. The highest BCUT2D eigenvalue weighted by Gasteiger charge is 2.15. The zero-order chi connectivity index (χ0) is 16.1. The molecule has 0 bridgehead atoms. The molecule has 0 aromatic heterocycles. The fourth-order valence-electron chi connectivity index (χ4n) is 2.05. The number of carbonyl (C=O) groups is 1. The first-order valence-corrected chi connectivity index (χ1v) is 7.93. The molecule has 22 heavy (non-hydrogen) atoms. The molecule has 6 heteroatoms. The molecule has 0 unspecified atom stereocenters. The summed E-state index contributed by atoms with van der Waals surface area (Å²) in [7, 11) is 0. The molecule has 0 aliphatic heterocycles. The van der Waals surface area contributed by atoms with Crippen LogP contribution in [0.4, 0.5) is 5.69 Å². The molecule has 1 atom stereocenters. The maximum absolute atomic E-state index is 12.0. The van der Waals surface area contributed by atoms with Gasteiger partial charge in [-0.2, -0.15) is 0 Å². The number of para-hydroxylation sites is 1. The molecule has 0 fully saturated rings. The minimum absolute atomic E-state index is 0.0433. The summed E-state index contributed by atoms with van der Waals surface area (Å²) in [4.78, 5) is 12.0. The van der Waals surface area contributed by atoms with Crippen LogP contribution in [0.3, 0.4) is 0 Å². The van der Waals surface area contributed by atoms with E-state index in [1.54, 1.807) is 24.3 Å². The van der Waals surface area contributed by atoms with Crippen molar-refractivity contribution in [1.29, 1.82) is 0 Å². The standard InChI is InChI=1S/C16H15Cl3N2O/c1-10(12-7-6-11(17)8-14(12)19)20-9-16(22)21-15-5-3-2-4-13(15)18/h2-8,10,20H,9H2,1H3,(H,21,22)/p+1/t10-/m1/s1. The van der Waals surface area contributed by atoms with Crippen molar-refractivity contribution in [3.8, 4) is 0 Å². The minimum Gasteiger partial charge on any atom is -0.332 e. The topological polar surface area (TPSA) is 45.7 Å². The Morgan fingerprint density at radius 1 is 1.14 bits per heavy atom. The zero-order valence-corrected chi connectivity index (χ0v) is 14.2. The van der Waals surface area contributed by atoms with Crippen molar-refractivity contribution >= 4 is 46.4 Å². The summed E-state index contributed by atoms with van der Waals surface area (Å²) in [5.74, 6) is -0.120. The van der Waals surface area contributed by atoms with E-state index in [2.05, 4.69) is 5.32 Å². The van der Waals surface area contributed by atoms with Gasteiger partial charge < -0.3 is 10.6 Å². The smallest absolute Gasteiger partial charge is 0.279 e. The largest absolute Gasteiger partial charge is 0.332 e. The predicted octanol–water partition coefficient (Wildman–Crippen LogP) is 3.91. The van der Waals surface area contributed by atoms with Crippen LogP contribution >= 0.6 is 34.8 Å². The highest BCUT2D eigenvalue weighted by molar-refractivity contribution is 6.35. The number of benzene rings is 2. The third-order valence-electron chi connectivity index (χ3n) is 3.26. The Morgan fingerprint density at radius 3 is 2.55 bits per heavy atom. The highest BCUT2D eigenvalue weighted by Crippen LogP contribution is 2.24. The van der Waals surface area contributed by atoms with Crippen LogP contribution in [0.2, 0.25) is 15.1 Å². The summed E-state index contributed by atoms with van der Waals surface area (Å²) in [5.41, 5.74) is 1.55. The van der Waals surface area contributed by atoms with Crippen LogP contribution in [-0.2, 0) is 4.79 Å². The van der Waals surface area contributed by atoms with Crippen molar-refractivity contribution in [2.45, 2.75) is 13.0 Å². The third-order valence-corrected chi connectivity index (χ3v) is 4.15. The van der Waals surface area contributed by atoms with Crippen LogP contribution in [0.25, 0.3) is 0 Å². The highest BCUT2D eigenvalue weighted by atomic mass is 35.5. The molecule has 2 rings (SSSR count). The van der Waals surface area contributed by atoms with Gasteiger partial charge in [0.05, 0.1) is 15.7 Å². The Kier molecular flexibility index (Phi) is 6.09. The van der Waals surface area contributed by atoms with E-state index in [0.29, 0.717) is 20.8 Å². The molecule has 0 saturated heterocycles. The van der Waals surface area contributed by atoms with E-state index in [1.165, 1.54) is 0 Å². The second-order valence-corrected chi connectivity index (χ2v) is 6.17. The Labute approximate surface area is 144 Å². The van der Waals surface area contributed by atoms with Crippen LogP contribution < -0.4 is 10.6 Å². The number of nitrogens with two attached hydrogens (primary N) is 1. The van der Waals surface area contributed by atoms with E-state index >= 15 is 0 Å². The lowest BCUT2D eigenvalue weighted by molar-refractivity contribution is -0.682. The molecule has 2 aromatic rings. The van der Waals surface area contributed by atoms with Crippen molar-refractivity contribution in [1.82, 2.24) is 0 Å². The van der Waals surface area contributed by atoms with Gasteiger partial charge in [-0.15, -0.1) is 0 Å². The van der Waals surface area contributed by atoms with Gasteiger partial charge in [0.2, 0.25) is 0 Å². The summed E-state index contributed by atoms with van der Waals surface area (Å²) >= 11 is 18.1. The average molecular weight is 359 g/mol. The first-order valence-electron chi connectivity index (χ1n) is 6.80. The van der Waals surface area contributed by atoms with Crippen molar-refractivity contribution in [2.24, 2.45) is 0 Å². The number of hydrogen-bond donors (Lipinski definition) is 2. The van der Waals surface area contributed by atoms with Crippen LogP contribution in [0.5, 0.6) is 0 Å². The number of quaternary nitrogens is 1. The van der Waals surface area contributed by atoms with Crippen LogP contribution in [0.15, 0.2) is 42.5 Å². The van der Waals surface area contributed by atoms with Gasteiger partial charge >= 0.3 is 0 Å². The lowest BCUT2D eigenvalue weighted by Gasteiger charge is -2.13. The number of nitrogens with one attached hydrogen (secondary N) is 1. The minimum atomic E-state index is -0.120. The Hall–Kier alpha value is -1.26. The van der Waals surface area contributed by atoms with Gasteiger partial charge in [0.25, 0.3) is 5.91 Å². The number of carbonyl (C=O) groups excluding carboxylic acids is 1. The molecule has 0 aliphatic rings. The van der Waals surface area contributed by atoms with E-state index in [1.807, 2.05) is 30.4 Å². The van der Waals surface area contributed by atoms with Crippen LogP contribution in [0, 0.1) is 0 Å². The quantitative estimate of drug-likeness (QED) is 0.836. The molecule has 0 radical (unpaired) electrons. The monoisotopic (exact) mass is 357 g/mol. The van der Waals surface area contributed by atoms with Crippen molar-refractivity contribution in [3.63, 3.8) is 0 Å². The van der Waals surface area contributed by atoms with Gasteiger partial charge in [-0.25, -0.2) is 0 Å². The van der Waals surface area contributed by atoms with Gasteiger partial charge in [-0.3, -0.25) is 4.79 Å². The average Bonchev–Trinajstić information content (AvgIpc) is 2.47. The number of amides is 1. The predicted molar refractivity (Wildman–Crippen MR) is 91.8 cm³/mol. The lowest BCUT2D eigenvalue weighted by atomic mass is 10.1. The number of halogens is 3. The first kappa shape index (κ1) is 17.1. The number of hydrogen-bond acceptors (Lipinski definition) is 1. The van der Waals surface area contributed by atoms with Crippen molar-refractivity contribution < 1.29 is 10.1 Å².